The third-order valence-electron chi connectivity index (χ3n) is 5.04. The third kappa shape index (κ3) is 3.78. The van der Waals surface area contributed by atoms with Crippen molar-refractivity contribution in [2.75, 3.05) is 31.2 Å². The van der Waals surface area contributed by atoms with Gasteiger partial charge in [0.2, 0.25) is 0 Å². The second-order valence-corrected chi connectivity index (χ2v) is 6.79. The molecule has 142 valence electrons. The minimum Gasteiger partial charge on any atom is -0.458 e. The number of nitrogens with zero attached hydrogens (tertiary/aromatic N) is 1. The Hall–Kier alpha value is -3.11. The molecule has 4 rings (SSSR count). The van der Waals surface area contributed by atoms with Crippen LogP contribution >= 0.6 is 0 Å². The van der Waals surface area contributed by atoms with Gasteiger partial charge in [-0.15, -0.1) is 0 Å². The molecule has 0 atom stereocenters. The van der Waals surface area contributed by atoms with Gasteiger partial charge in [-0.2, -0.15) is 0 Å². The Labute approximate surface area is 165 Å². The van der Waals surface area contributed by atoms with Crippen molar-refractivity contribution in [2.45, 2.75) is 6.61 Å². The molecular weight excluding hydrogens is 350 g/mol. The van der Waals surface area contributed by atoms with Crippen LogP contribution in [0.25, 0.3) is 21.9 Å². The number of carbonyl (C=O) groups excluding carboxylic acids is 1. The van der Waals surface area contributed by atoms with Gasteiger partial charge in [0.05, 0.1) is 13.2 Å². The van der Waals surface area contributed by atoms with Crippen molar-refractivity contribution in [3.8, 4) is 11.1 Å². The third-order valence-corrected chi connectivity index (χ3v) is 5.04. The quantitative estimate of drug-likeness (QED) is 0.485. The summed E-state index contributed by atoms with van der Waals surface area (Å²) < 4.78 is 10.7. The van der Waals surface area contributed by atoms with Crippen molar-refractivity contribution in [1.29, 1.82) is 0 Å². The van der Waals surface area contributed by atoms with Crippen molar-refractivity contribution in [3.05, 3.63) is 78.9 Å². The van der Waals surface area contributed by atoms with E-state index >= 15 is 0 Å². The summed E-state index contributed by atoms with van der Waals surface area (Å²) in [5.41, 5.74) is 4.48. The number of morpholine rings is 1. The van der Waals surface area contributed by atoms with Gasteiger partial charge < -0.3 is 14.4 Å². The predicted octanol–water partition coefficient (Wildman–Crippen LogP) is 4.57. The first kappa shape index (κ1) is 18.3. The first-order valence-electron chi connectivity index (χ1n) is 9.49. The lowest BCUT2D eigenvalue weighted by atomic mass is 9.95. The molecule has 0 bridgehead atoms. The summed E-state index contributed by atoms with van der Waals surface area (Å²) in [6.07, 6.45) is 1.18. The molecule has 1 aliphatic rings. The van der Waals surface area contributed by atoms with E-state index in [4.69, 9.17) is 9.47 Å². The van der Waals surface area contributed by atoms with Crippen LogP contribution < -0.4 is 4.90 Å². The largest absolute Gasteiger partial charge is 0.458 e. The van der Waals surface area contributed by atoms with Crippen LogP contribution in [0.5, 0.6) is 0 Å². The topological polar surface area (TPSA) is 38.8 Å². The van der Waals surface area contributed by atoms with Crippen LogP contribution in [0.2, 0.25) is 0 Å². The number of carbonyl (C=O) groups is 1. The van der Waals surface area contributed by atoms with Gasteiger partial charge in [0.15, 0.2) is 0 Å². The number of hydrogen-bond acceptors (Lipinski definition) is 4. The molecule has 0 amide bonds. The summed E-state index contributed by atoms with van der Waals surface area (Å²) in [6, 6.07) is 21.0. The Morgan fingerprint density at radius 3 is 2.61 bits per heavy atom. The molecular formula is C24H23NO3. The van der Waals surface area contributed by atoms with E-state index in [9.17, 15) is 4.79 Å². The fraction of sp³-hybridized carbons (Fsp3) is 0.208. The average molecular weight is 373 g/mol. The normalized spacial score (nSPS) is 14.1. The highest BCUT2D eigenvalue weighted by molar-refractivity contribution is 6.03. The number of anilines is 1. The molecule has 4 nitrogen and oxygen atoms in total. The molecule has 0 N–H and O–H groups in total. The molecule has 3 aromatic carbocycles. The number of fused-ring (bicyclic) bond motifs is 1. The van der Waals surface area contributed by atoms with Crippen LogP contribution in [0.1, 0.15) is 5.56 Å². The van der Waals surface area contributed by atoms with Gasteiger partial charge in [0.25, 0.3) is 0 Å². The van der Waals surface area contributed by atoms with Crippen LogP contribution in [0.15, 0.2) is 73.3 Å². The number of hydrogen-bond donors (Lipinski definition) is 0. The van der Waals surface area contributed by atoms with Crippen molar-refractivity contribution < 1.29 is 14.3 Å². The zero-order chi connectivity index (χ0) is 19.3. The van der Waals surface area contributed by atoms with E-state index < -0.39 is 5.97 Å². The van der Waals surface area contributed by atoms with E-state index in [2.05, 4.69) is 60.0 Å². The van der Waals surface area contributed by atoms with Gasteiger partial charge in [-0.1, -0.05) is 55.1 Å². The van der Waals surface area contributed by atoms with Crippen molar-refractivity contribution >= 4 is 22.4 Å². The number of rotatable bonds is 5. The van der Waals surface area contributed by atoms with Crippen LogP contribution in [0.4, 0.5) is 5.69 Å². The van der Waals surface area contributed by atoms with E-state index in [1.807, 2.05) is 12.1 Å². The number of ether oxygens (including phenoxy) is 2. The van der Waals surface area contributed by atoms with Crippen LogP contribution in [-0.4, -0.2) is 32.3 Å². The van der Waals surface area contributed by atoms with Crippen molar-refractivity contribution in [1.82, 2.24) is 0 Å². The van der Waals surface area contributed by atoms with Gasteiger partial charge in [-0.3, -0.25) is 0 Å². The van der Waals surface area contributed by atoms with Crippen LogP contribution in [0.3, 0.4) is 0 Å². The van der Waals surface area contributed by atoms with Crippen LogP contribution in [-0.2, 0) is 20.9 Å². The van der Waals surface area contributed by atoms with E-state index in [1.54, 1.807) is 0 Å². The zero-order valence-corrected chi connectivity index (χ0v) is 15.8. The highest BCUT2D eigenvalue weighted by atomic mass is 16.5. The summed E-state index contributed by atoms with van der Waals surface area (Å²) in [4.78, 5) is 13.7. The molecule has 0 aliphatic carbocycles. The SMILES string of the molecule is C=CC(=O)OCc1cccc(-c2ccc(N3CCOCC3)c3ccccc23)c1. The lowest BCUT2D eigenvalue weighted by Crippen LogP contribution is -2.36. The maximum atomic E-state index is 11.3. The van der Waals surface area contributed by atoms with Gasteiger partial charge in [-0.05, 0) is 34.2 Å². The van der Waals surface area contributed by atoms with Crippen LogP contribution in [0, 0.1) is 0 Å². The second kappa shape index (κ2) is 8.28. The summed E-state index contributed by atoms with van der Waals surface area (Å²) in [6.45, 7) is 7.02. The summed E-state index contributed by atoms with van der Waals surface area (Å²) in [5, 5.41) is 2.46. The molecule has 1 heterocycles. The van der Waals surface area contributed by atoms with E-state index in [0.29, 0.717) is 0 Å². The molecule has 0 unspecified atom stereocenters. The summed E-state index contributed by atoms with van der Waals surface area (Å²) in [7, 11) is 0. The predicted molar refractivity (Wildman–Crippen MR) is 112 cm³/mol. The fourth-order valence-electron chi connectivity index (χ4n) is 3.66. The molecule has 0 saturated carbocycles. The summed E-state index contributed by atoms with van der Waals surface area (Å²) >= 11 is 0. The zero-order valence-electron chi connectivity index (χ0n) is 15.8. The first-order chi connectivity index (χ1) is 13.8. The molecule has 0 aromatic heterocycles. The second-order valence-electron chi connectivity index (χ2n) is 6.79. The smallest absolute Gasteiger partial charge is 0.330 e. The van der Waals surface area contributed by atoms with Crippen molar-refractivity contribution in [3.63, 3.8) is 0 Å². The summed E-state index contributed by atoms with van der Waals surface area (Å²) in [5.74, 6) is -0.411. The van der Waals surface area contributed by atoms with Crippen molar-refractivity contribution in [2.24, 2.45) is 0 Å². The van der Waals surface area contributed by atoms with Gasteiger partial charge in [0, 0.05) is 30.2 Å². The Bertz CT molecular complexity index is 1010. The Kier molecular flexibility index (Phi) is 5.40. The highest BCUT2D eigenvalue weighted by Crippen LogP contribution is 2.35. The maximum absolute atomic E-state index is 11.3. The Balaban J connectivity index is 1.71. The number of esters is 1. The molecule has 0 spiro atoms. The number of benzene rings is 3. The monoisotopic (exact) mass is 373 g/mol. The Morgan fingerprint density at radius 2 is 1.82 bits per heavy atom. The Morgan fingerprint density at radius 1 is 1.04 bits per heavy atom. The molecule has 4 heteroatoms. The lowest BCUT2D eigenvalue weighted by Gasteiger charge is -2.30. The molecule has 1 aliphatic heterocycles. The molecule has 3 aromatic rings. The van der Waals surface area contributed by atoms with E-state index in [-0.39, 0.29) is 6.61 Å². The molecule has 28 heavy (non-hydrogen) atoms. The minimum atomic E-state index is -0.411. The van der Waals surface area contributed by atoms with Gasteiger partial charge >= 0.3 is 5.97 Å². The molecule has 1 saturated heterocycles. The average Bonchev–Trinajstić information content (AvgIpc) is 2.77. The minimum absolute atomic E-state index is 0.239. The van der Waals surface area contributed by atoms with Gasteiger partial charge in [0.1, 0.15) is 6.61 Å². The van der Waals surface area contributed by atoms with E-state index in [0.717, 1.165) is 37.4 Å². The lowest BCUT2D eigenvalue weighted by molar-refractivity contribution is -0.138. The molecule has 1 fully saturated rings. The van der Waals surface area contributed by atoms with Gasteiger partial charge in [-0.25, -0.2) is 4.79 Å². The fourth-order valence-corrected chi connectivity index (χ4v) is 3.66. The molecule has 0 radical (unpaired) electrons. The standard InChI is InChI=1S/C24H23NO3/c1-2-24(26)28-17-18-6-5-7-19(16-18)20-10-11-23(25-12-14-27-15-13-25)22-9-4-3-8-21(20)22/h2-11,16H,1,12-15,17H2. The highest BCUT2D eigenvalue weighted by Gasteiger charge is 2.15. The maximum Gasteiger partial charge on any atom is 0.330 e. The first-order valence-corrected chi connectivity index (χ1v) is 9.49. The van der Waals surface area contributed by atoms with E-state index in [1.165, 1.54) is 28.1 Å².